The Balaban J connectivity index is 1.93. The topological polar surface area (TPSA) is 42.0 Å². The molecule has 0 aliphatic carbocycles. The third kappa shape index (κ3) is 5.41. The second-order valence-corrected chi connectivity index (χ2v) is 5.80. The number of amides is 1. The molecule has 0 spiro atoms. The quantitative estimate of drug-likeness (QED) is 0.781. The number of rotatable bonds is 8. The Kier molecular flexibility index (Phi) is 6.85. The van der Waals surface area contributed by atoms with Gasteiger partial charge in [-0.25, -0.2) is 8.78 Å². The first-order chi connectivity index (χ1) is 11.6. The molecule has 0 fully saturated rings. The maximum Gasteiger partial charge on any atom is 0.220 e. The molecular formula is C19H22F2N2O. The van der Waals surface area contributed by atoms with Crippen molar-refractivity contribution in [1.82, 2.24) is 10.3 Å². The predicted octanol–water partition coefficient (Wildman–Crippen LogP) is 4.34. The van der Waals surface area contributed by atoms with Crippen molar-refractivity contribution in [2.24, 2.45) is 0 Å². The van der Waals surface area contributed by atoms with Gasteiger partial charge in [0.2, 0.25) is 5.91 Å². The number of nitrogens with one attached hydrogen (secondary N) is 1. The number of halogens is 2. The molecule has 1 aromatic heterocycles. The SMILES string of the molecule is CCCC[C@@H](NC(=O)CCc1ccc(F)c(F)c1)c1cccnc1. The highest BCUT2D eigenvalue weighted by Gasteiger charge is 2.14. The van der Waals surface area contributed by atoms with Crippen LogP contribution in [0.1, 0.15) is 49.8 Å². The first kappa shape index (κ1) is 18.0. The summed E-state index contributed by atoms with van der Waals surface area (Å²) in [4.78, 5) is 16.3. The maximum atomic E-state index is 13.2. The van der Waals surface area contributed by atoms with Crippen molar-refractivity contribution in [3.8, 4) is 0 Å². The Hall–Kier alpha value is -2.30. The van der Waals surface area contributed by atoms with E-state index >= 15 is 0 Å². The van der Waals surface area contributed by atoms with E-state index < -0.39 is 11.6 Å². The lowest BCUT2D eigenvalue weighted by molar-refractivity contribution is -0.121. The van der Waals surface area contributed by atoms with Crippen LogP contribution in [-0.2, 0) is 11.2 Å². The van der Waals surface area contributed by atoms with E-state index in [2.05, 4.69) is 17.2 Å². The number of hydrogen-bond donors (Lipinski definition) is 1. The van der Waals surface area contributed by atoms with E-state index in [9.17, 15) is 13.6 Å². The van der Waals surface area contributed by atoms with Gasteiger partial charge >= 0.3 is 0 Å². The minimum atomic E-state index is -0.885. The lowest BCUT2D eigenvalue weighted by atomic mass is 10.0. The first-order valence-corrected chi connectivity index (χ1v) is 8.23. The Bertz CT molecular complexity index is 662. The maximum absolute atomic E-state index is 13.2. The van der Waals surface area contributed by atoms with Crippen LogP contribution in [0.25, 0.3) is 0 Å². The zero-order valence-corrected chi connectivity index (χ0v) is 13.8. The van der Waals surface area contributed by atoms with Crippen LogP contribution in [0.5, 0.6) is 0 Å². The zero-order valence-electron chi connectivity index (χ0n) is 13.8. The average Bonchev–Trinajstić information content (AvgIpc) is 2.60. The van der Waals surface area contributed by atoms with Crippen molar-refractivity contribution in [3.05, 3.63) is 65.5 Å². The molecule has 1 atom stereocenters. The Labute approximate surface area is 141 Å². The number of aromatic nitrogens is 1. The highest BCUT2D eigenvalue weighted by atomic mass is 19.2. The molecule has 24 heavy (non-hydrogen) atoms. The van der Waals surface area contributed by atoms with Crippen molar-refractivity contribution in [1.29, 1.82) is 0 Å². The molecule has 2 aromatic rings. The lowest BCUT2D eigenvalue weighted by Gasteiger charge is -2.18. The fourth-order valence-electron chi connectivity index (χ4n) is 2.53. The molecule has 0 radical (unpaired) electrons. The predicted molar refractivity (Wildman–Crippen MR) is 89.3 cm³/mol. The molecule has 1 heterocycles. The Morgan fingerprint density at radius 3 is 2.75 bits per heavy atom. The molecule has 2 rings (SSSR count). The normalized spacial score (nSPS) is 12.0. The van der Waals surface area contributed by atoms with Gasteiger partial charge < -0.3 is 5.32 Å². The van der Waals surface area contributed by atoms with Crippen LogP contribution in [0.3, 0.4) is 0 Å². The van der Waals surface area contributed by atoms with Crippen molar-refractivity contribution in [2.75, 3.05) is 0 Å². The second-order valence-electron chi connectivity index (χ2n) is 5.80. The van der Waals surface area contributed by atoms with E-state index in [0.29, 0.717) is 12.0 Å². The highest BCUT2D eigenvalue weighted by Crippen LogP contribution is 2.19. The zero-order chi connectivity index (χ0) is 17.4. The first-order valence-electron chi connectivity index (χ1n) is 8.23. The molecule has 128 valence electrons. The van der Waals surface area contributed by atoms with Crippen LogP contribution in [0.2, 0.25) is 0 Å². The van der Waals surface area contributed by atoms with E-state index in [-0.39, 0.29) is 18.4 Å². The minimum Gasteiger partial charge on any atom is -0.349 e. The summed E-state index contributed by atoms with van der Waals surface area (Å²) in [6.07, 6.45) is 6.95. The van der Waals surface area contributed by atoms with Crippen molar-refractivity contribution in [2.45, 2.75) is 45.1 Å². The summed E-state index contributed by atoms with van der Waals surface area (Å²) >= 11 is 0. The molecule has 1 amide bonds. The molecule has 5 heteroatoms. The number of nitrogens with zero attached hydrogens (tertiary/aromatic N) is 1. The van der Waals surface area contributed by atoms with Crippen molar-refractivity contribution >= 4 is 5.91 Å². The largest absolute Gasteiger partial charge is 0.349 e. The fraction of sp³-hybridized carbons (Fsp3) is 0.368. The molecule has 0 saturated heterocycles. The summed E-state index contributed by atoms with van der Waals surface area (Å²) < 4.78 is 26.1. The number of aryl methyl sites for hydroxylation is 1. The monoisotopic (exact) mass is 332 g/mol. The number of unbranched alkanes of at least 4 members (excludes halogenated alkanes) is 1. The van der Waals surface area contributed by atoms with Gasteiger partial charge in [-0.05, 0) is 42.2 Å². The summed E-state index contributed by atoms with van der Waals surface area (Å²) in [5.74, 6) is -1.87. The van der Waals surface area contributed by atoms with Gasteiger partial charge in [0.15, 0.2) is 11.6 Å². The fourth-order valence-corrected chi connectivity index (χ4v) is 2.53. The van der Waals surface area contributed by atoms with Gasteiger partial charge in [0, 0.05) is 18.8 Å². The number of carbonyl (C=O) groups excluding carboxylic acids is 1. The third-order valence-electron chi connectivity index (χ3n) is 3.89. The molecule has 0 unspecified atom stereocenters. The number of hydrogen-bond acceptors (Lipinski definition) is 2. The van der Waals surface area contributed by atoms with Crippen molar-refractivity contribution < 1.29 is 13.6 Å². The van der Waals surface area contributed by atoms with Gasteiger partial charge in [-0.15, -0.1) is 0 Å². The third-order valence-corrected chi connectivity index (χ3v) is 3.89. The van der Waals surface area contributed by atoms with Crippen LogP contribution in [0.15, 0.2) is 42.7 Å². The summed E-state index contributed by atoms with van der Waals surface area (Å²) in [6, 6.07) is 7.45. The number of pyridine rings is 1. The van der Waals surface area contributed by atoms with Crippen LogP contribution < -0.4 is 5.32 Å². The average molecular weight is 332 g/mol. The Morgan fingerprint density at radius 2 is 2.08 bits per heavy atom. The van der Waals surface area contributed by atoms with Gasteiger partial charge in [-0.3, -0.25) is 9.78 Å². The van der Waals surface area contributed by atoms with Crippen molar-refractivity contribution in [3.63, 3.8) is 0 Å². The van der Waals surface area contributed by atoms with Gasteiger partial charge in [0.1, 0.15) is 0 Å². The molecule has 0 bridgehead atoms. The van der Waals surface area contributed by atoms with Gasteiger partial charge in [-0.1, -0.05) is 31.9 Å². The number of benzene rings is 1. The summed E-state index contributed by atoms with van der Waals surface area (Å²) in [7, 11) is 0. The summed E-state index contributed by atoms with van der Waals surface area (Å²) in [6.45, 7) is 2.10. The molecule has 3 nitrogen and oxygen atoms in total. The Morgan fingerprint density at radius 1 is 1.25 bits per heavy atom. The van der Waals surface area contributed by atoms with E-state index in [1.54, 1.807) is 12.4 Å². The molecule has 1 aromatic carbocycles. The van der Waals surface area contributed by atoms with Crippen LogP contribution in [0.4, 0.5) is 8.78 Å². The molecule has 0 aliphatic rings. The van der Waals surface area contributed by atoms with Crippen LogP contribution >= 0.6 is 0 Å². The van der Waals surface area contributed by atoms with Gasteiger partial charge in [0.25, 0.3) is 0 Å². The van der Waals surface area contributed by atoms with Crippen LogP contribution in [-0.4, -0.2) is 10.9 Å². The van der Waals surface area contributed by atoms with E-state index in [1.807, 2.05) is 12.1 Å². The molecular weight excluding hydrogens is 310 g/mol. The van der Waals surface area contributed by atoms with Gasteiger partial charge in [-0.2, -0.15) is 0 Å². The smallest absolute Gasteiger partial charge is 0.220 e. The van der Waals surface area contributed by atoms with Crippen LogP contribution in [0, 0.1) is 11.6 Å². The summed E-state index contributed by atoms with van der Waals surface area (Å²) in [5, 5.41) is 3.02. The minimum absolute atomic E-state index is 0.0731. The molecule has 0 aliphatic heterocycles. The molecule has 0 saturated carbocycles. The standard InChI is InChI=1S/C19H22F2N2O/c1-2-3-6-18(15-5-4-11-22-13-15)23-19(24)10-8-14-7-9-16(20)17(21)12-14/h4-5,7,9,11-13,18H,2-3,6,8,10H2,1H3,(H,23,24)/t18-/m1/s1. The van der Waals surface area contributed by atoms with E-state index in [0.717, 1.165) is 37.0 Å². The lowest BCUT2D eigenvalue weighted by Crippen LogP contribution is -2.28. The van der Waals surface area contributed by atoms with E-state index in [1.165, 1.54) is 6.07 Å². The highest BCUT2D eigenvalue weighted by molar-refractivity contribution is 5.76. The number of carbonyl (C=O) groups is 1. The second kappa shape index (κ2) is 9.11. The molecule has 1 N–H and O–H groups in total. The van der Waals surface area contributed by atoms with E-state index in [4.69, 9.17) is 0 Å². The van der Waals surface area contributed by atoms with Gasteiger partial charge in [0.05, 0.1) is 6.04 Å². The summed E-state index contributed by atoms with van der Waals surface area (Å²) in [5.41, 5.74) is 1.59.